The van der Waals surface area contributed by atoms with E-state index in [1.807, 2.05) is 51.1 Å². The SMILES string of the molecule is C=CCCC(=O)N(C)[C@@H](C)[C@@H](OC(=O)[C@@H]1[C@H]2C(=O)N(CCCO)[C@H](C(=O)N(CC=C)C(C)(C)CC(C)(C)C)[C@]23CC[C@H]1O3)c1ccccc1. The van der Waals surface area contributed by atoms with Crippen molar-refractivity contribution in [1.29, 1.82) is 0 Å². The van der Waals surface area contributed by atoms with E-state index in [2.05, 4.69) is 33.9 Å². The zero-order valence-corrected chi connectivity index (χ0v) is 30.5. The first-order chi connectivity index (χ1) is 23.0. The van der Waals surface area contributed by atoms with Crippen molar-refractivity contribution in [3.8, 4) is 0 Å². The van der Waals surface area contributed by atoms with Crippen LogP contribution < -0.4 is 0 Å². The van der Waals surface area contributed by atoms with Gasteiger partial charge in [0.25, 0.3) is 0 Å². The number of aliphatic hydroxyl groups excluding tert-OH is 1. The van der Waals surface area contributed by atoms with Gasteiger partial charge in [0, 0.05) is 38.7 Å². The van der Waals surface area contributed by atoms with Crippen LogP contribution in [0.5, 0.6) is 0 Å². The quantitative estimate of drug-likeness (QED) is 0.192. The third-order valence-electron chi connectivity index (χ3n) is 10.5. The Balaban J connectivity index is 1.70. The standard InChI is InChI=1S/C39H57N3O7/c1-10-12-19-29(44)40(9)26(3)32(27-17-14-13-15-18-27)48-36(47)30-28-20-21-39(49-28)31(30)34(45)41(23-16-24-43)33(39)35(46)42(22-11-2)38(7,8)25-37(4,5)6/h10-11,13-15,17-18,26,28,30-33,43H,1-2,12,16,19-25H2,3-9H3/t26-,28+,30-,31-,32+,33+,39-/m0/s1. The van der Waals surface area contributed by atoms with Crippen molar-refractivity contribution in [2.45, 2.75) is 115 Å². The molecule has 1 N–H and O–H groups in total. The van der Waals surface area contributed by atoms with Crippen molar-refractivity contribution in [3.63, 3.8) is 0 Å². The number of nitrogens with zero attached hydrogens (tertiary/aromatic N) is 3. The molecule has 3 saturated heterocycles. The van der Waals surface area contributed by atoms with Gasteiger partial charge in [-0.25, -0.2) is 0 Å². The molecule has 0 unspecified atom stereocenters. The Bertz CT molecular complexity index is 1390. The Morgan fingerprint density at radius 3 is 2.41 bits per heavy atom. The van der Waals surface area contributed by atoms with E-state index in [1.165, 1.54) is 4.90 Å². The van der Waals surface area contributed by atoms with Crippen molar-refractivity contribution in [1.82, 2.24) is 14.7 Å². The Morgan fingerprint density at radius 1 is 1.14 bits per heavy atom. The fourth-order valence-corrected chi connectivity index (χ4v) is 8.61. The summed E-state index contributed by atoms with van der Waals surface area (Å²) in [6.45, 7) is 20.2. The van der Waals surface area contributed by atoms with Crippen LogP contribution in [0.15, 0.2) is 55.6 Å². The van der Waals surface area contributed by atoms with E-state index in [9.17, 15) is 24.3 Å². The van der Waals surface area contributed by atoms with Gasteiger partial charge in [-0.15, -0.1) is 13.2 Å². The molecular formula is C39H57N3O7. The molecule has 0 saturated carbocycles. The Hall–Kier alpha value is -3.50. The smallest absolute Gasteiger partial charge is 0.313 e. The van der Waals surface area contributed by atoms with E-state index in [1.54, 1.807) is 29.0 Å². The maximum Gasteiger partial charge on any atom is 0.313 e. The van der Waals surface area contributed by atoms with E-state index >= 15 is 0 Å². The molecule has 3 aliphatic rings. The molecule has 1 aromatic rings. The summed E-state index contributed by atoms with van der Waals surface area (Å²) < 4.78 is 13.0. The second-order valence-electron chi connectivity index (χ2n) is 15.8. The molecule has 3 fully saturated rings. The van der Waals surface area contributed by atoms with E-state index < -0.39 is 53.2 Å². The molecule has 0 radical (unpaired) electrons. The topological polar surface area (TPSA) is 117 Å². The number of hydrogen-bond acceptors (Lipinski definition) is 7. The zero-order valence-electron chi connectivity index (χ0n) is 30.5. The molecule has 10 heteroatoms. The molecular weight excluding hydrogens is 622 g/mol. The summed E-state index contributed by atoms with van der Waals surface area (Å²) in [6.07, 6.45) is 4.74. The number of fused-ring (bicyclic) bond motifs is 1. The summed E-state index contributed by atoms with van der Waals surface area (Å²) in [6, 6.07) is 7.81. The summed E-state index contributed by atoms with van der Waals surface area (Å²) >= 11 is 0. The molecule has 270 valence electrons. The summed E-state index contributed by atoms with van der Waals surface area (Å²) in [5.74, 6) is -3.09. The maximum absolute atomic E-state index is 14.8. The summed E-state index contributed by atoms with van der Waals surface area (Å²) in [5.41, 5.74) is -1.14. The first kappa shape index (κ1) is 38.3. The van der Waals surface area contributed by atoms with E-state index in [-0.39, 0.29) is 55.7 Å². The number of rotatable bonds is 16. The molecule has 7 atom stereocenters. The zero-order chi connectivity index (χ0) is 36.3. The lowest BCUT2D eigenvalue weighted by atomic mass is 9.70. The van der Waals surface area contributed by atoms with Crippen molar-refractivity contribution < 1.29 is 33.8 Å². The second kappa shape index (κ2) is 15.2. The van der Waals surface area contributed by atoms with Gasteiger partial charge in [0.05, 0.1) is 24.0 Å². The number of likely N-dealkylation sites (tertiary alicyclic amines) is 1. The minimum absolute atomic E-state index is 0.0833. The number of esters is 1. The van der Waals surface area contributed by atoms with Crippen LogP contribution in [-0.2, 0) is 28.7 Å². The number of likely N-dealkylation sites (N-methyl/N-ethyl adjacent to an activating group) is 1. The van der Waals surface area contributed by atoms with Crippen LogP contribution in [0.4, 0.5) is 0 Å². The normalized spacial score (nSPS) is 25.8. The summed E-state index contributed by atoms with van der Waals surface area (Å²) in [4.78, 5) is 61.6. The van der Waals surface area contributed by atoms with E-state index in [0.29, 0.717) is 25.7 Å². The predicted octanol–water partition coefficient (Wildman–Crippen LogP) is 5.07. The highest BCUT2D eigenvalue weighted by atomic mass is 16.6. The van der Waals surface area contributed by atoms with Crippen LogP contribution in [-0.4, -0.2) is 99.6 Å². The first-order valence-electron chi connectivity index (χ1n) is 17.7. The number of ether oxygens (including phenoxy) is 2. The Labute approximate surface area is 292 Å². The van der Waals surface area contributed by atoms with Crippen LogP contribution in [0.3, 0.4) is 0 Å². The Morgan fingerprint density at radius 2 is 1.82 bits per heavy atom. The average Bonchev–Trinajstić information content (AvgIpc) is 3.69. The minimum atomic E-state index is -1.21. The molecule has 1 spiro atoms. The molecule has 3 amide bonds. The highest BCUT2D eigenvalue weighted by molar-refractivity contribution is 5.98. The minimum Gasteiger partial charge on any atom is -0.455 e. The van der Waals surface area contributed by atoms with Crippen molar-refractivity contribution in [3.05, 3.63) is 61.2 Å². The van der Waals surface area contributed by atoms with Crippen molar-refractivity contribution >= 4 is 23.7 Å². The van der Waals surface area contributed by atoms with E-state index in [4.69, 9.17) is 9.47 Å². The van der Waals surface area contributed by atoms with Gasteiger partial charge >= 0.3 is 5.97 Å². The van der Waals surface area contributed by atoms with Crippen LogP contribution >= 0.6 is 0 Å². The molecule has 49 heavy (non-hydrogen) atoms. The van der Waals surface area contributed by atoms with Gasteiger partial charge in [0.1, 0.15) is 17.7 Å². The molecule has 0 aliphatic carbocycles. The lowest BCUT2D eigenvalue weighted by Crippen LogP contribution is -2.61. The van der Waals surface area contributed by atoms with Gasteiger partial charge in [0.15, 0.2) is 0 Å². The van der Waals surface area contributed by atoms with Crippen LogP contribution in [0.25, 0.3) is 0 Å². The number of benzene rings is 1. The van der Waals surface area contributed by atoms with Crippen molar-refractivity contribution in [2.24, 2.45) is 17.3 Å². The number of allylic oxidation sites excluding steroid dienone is 1. The fourth-order valence-electron chi connectivity index (χ4n) is 8.61. The lowest BCUT2D eigenvalue weighted by molar-refractivity contribution is -0.165. The van der Waals surface area contributed by atoms with E-state index in [0.717, 1.165) is 5.56 Å². The van der Waals surface area contributed by atoms with Gasteiger partial charge in [-0.1, -0.05) is 63.3 Å². The van der Waals surface area contributed by atoms with Gasteiger partial charge < -0.3 is 29.3 Å². The molecule has 0 aromatic heterocycles. The summed E-state index contributed by atoms with van der Waals surface area (Å²) in [7, 11) is 1.70. The third-order valence-corrected chi connectivity index (χ3v) is 10.5. The number of carbonyl (C=O) groups excluding carboxylic acids is 4. The van der Waals surface area contributed by atoms with Crippen LogP contribution in [0.1, 0.15) is 91.7 Å². The monoisotopic (exact) mass is 679 g/mol. The van der Waals surface area contributed by atoms with Gasteiger partial charge in [-0.05, 0) is 63.9 Å². The Kier molecular flexibility index (Phi) is 11.9. The number of aliphatic hydroxyl groups is 1. The van der Waals surface area contributed by atoms with Crippen LogP contribution in [0, 0.1) is 17.3 Å². The van der Waals surface area contributed by atoms with Gasteiger partial charge in [-0.2, -0.15) is 0 Å². The molecule has 10 nitrogen and oxygen atoms in total. The number of carbonyl (C=O) groups is 4. The maximum atomic E-state index is 14.8. The third kappa shape index (κ3) is 7.65. The molecule has 3 aliphatic heterocycles. The fraction of sp³-hybridized carbons (Fsp3) is 0.641. The molecule has 4 rings (SSSR count). The van der Waals surface area contributed by atoms with Gasteiger partial charge in [-0.3, -0.25) is 19.2 Å². The summed E-state index contributed by atoms with van der Waals surface area (Å²) in [5, 5.41) is 9.77. The number of hydrogen-bond donors (Lipinski definition) is 1. The highest BCUT2D eigenvalue weighted by Crippen LogP contribution is 2.59. The van der Waals surface area contributed by atoms with Crippen molar-refractivity contribution in [2.75, 3.05) is 26.7 Å². The largest absolute Gasteiger partial charge is 0.455 e. The molecule has 3 heterocycles. The van der Waals surface area contributed by atoms with Gasteiger partial charge in [0.2, 0.25) is 17.7 Å². The van der Waals surface area contributed by atoms with Crippen LogP contribution in [0.2, 0.25) is 0 Å². The number of amides is 3. The predicted molar refractivity (Wildman–Crippen MR) is 188 cm³/mol. The first-order valence-corrected chi connectivity index (χ1v) is 17.7. The molecule has 1 aromatic carbocycles. The average molecular weight is 680 g/mol. The molecule has 2 bridgehead atoms. The second-order valence-corrected chi connectivity index (χ2v) is 15.8. The lowest BCUT2D eigenvalue weighted by Gasteiger charge is -2.45. The highest BCUT2D eigenvalue weighted by Gasteiger charge is 2.75.